The molecule has 0 bridgehead atoms. The predicted octanol–water partition coefficient (Wildman–Crippen LogP) is 1.36. The molecule has 5 nitrogen and oxygen atoms in total. The molecule has 0 aliphatic rings. The normalized spacial score (nSPS) is 13.8. The molecule has 0 rings (SSSR count). The van der Waals surface area contributed by atoms with E-state index < -0.39 is 8.80 Å². The van der Waals surface area contributed by atoms with Crippen molar-refractivity contribution in [3.8, 4) is 0 Å². The Labute approximate surface area is 113 Å². The molecular formula is C12H30N2O3Si. The average molecular weight is 278 g/mol. The summed E-state index contributed by atoms with van der Waals surface area (Å²) < 4.78 is 16.1. The molecule has 1 atom stereocenters. The molecule has 0 saturated carbocycles. The first kappa shape index (κ1) is 18.0. The summed E-state index contributed by atoms with van der Waals surface area (Å²) in [6, 6.07) is 1.17. The van der Waals surface area contributed by atoms with Gasteiger partial charge in [-0.25, -0.2) is 0 Å². The minimum absolute atomic E-state index is 0.321. The minimum atomic E-state index is -2.36. The zero-order chi connectivity index (χ0) is 13.9. The molecule has 1 unspecified atom stereocenters. The molecule has 18 heavy (non-hydrogen) atoms. The third-order valence-corrected chi connectivity index (χ3v) is 5.86. The third kappa shape index (κ3) is 8.18. The van der Waals surface area contributed by atoms with Crippen molar-refractivity contribution in [1.82, 2.24) is 5.32 Å². The van der Waals surface area contributed by atoms with Crippen molar-refractivity contribution in [2.45, 2.75) is 44.7 Å². The second-order valence-electron chi connectivity index (χ2n) is 4.62. The fourth-order valence-corrected chi connectivity index (χ4v) is 3.55. The van der Waals surface area contributed by atoms with Crippen molar-refractivity contribution in [3.63, 3.8) is 0 Å². The van der Waals surface area contributed by atoms with Crippen LogP contribution in [-0.2, 0) is 13.3 Å². The van der Waals surface area contributed by atoms with Gasteiger partial charge in [-0.2, -0.15) is 0 Å². The highest BCUT2D eigenvalue weighted by Crippen LogP contribution is 2.14. The fourth-order valence-electron chi connectivity index (χ4n) is 1.83. The van der Waals surface area contributed by atoms with E-state index in [1.807, 2.05) is 0 Å². The molecule has 0 aromatic heterocycles. The van der Waals surface area contributed by atoms with E-state index in [1.54, 1.807) is 21.3 Å². The Bertz CT molecular complexity index is 182. The summed E-state index contributed by atoms with van der Waals surface area (Å²) in [5.74, 6) is 0. The first-order valence-corrected chi connectivity index (χ1v) is 8.65. The Morgan fingerprint density at radius 2 is 1.56 bits per heavy atom. The van der Waals surface area contributed by atoms with Gasteiger partial charge in [0.2, 0.25) is 0 Å². The maximum atomic E-state index is 5.69. The predicted molar refractivity (Wildman–Crippen MR) is 76.6 cm³/mol. The molecule has 3 N–H and O–H groups in total. The Morgan fingerprint density at radius 3 is 2.06 bits per heavy atom. The minimum Gasteiger partial charge on any atom is -0.377 e. The van der Waals surface area contributed by atoms with Crippen LogP contribution in [0.1, 0.15) is 32.6 Å². The van der Waals surface area contributed by atoms with E-state index in [4.69, 9.17) is 19.0 Å². The van der Waals surface area contributed by atoms with Gasteiger partial charge in [0.15, 0.2) is 0 Å². The van der Waals surface area contributed by atoms with E-state index in [1.165, 1.54) is 12.8 Å². The number of nitrogens with two attached hydrogens (primary N) is 1. The molecule has 0 aliphatic heterocycles. The largest absolute Gasteiger partial charge is 0.500 e. The van der Waals surface area contributed by atoms with Gasteiger partial charge < -0.3 is 24.3 Å². The van der Waals surface area contributed by atoms with Crippen LogP contribution in [0.3, 0.4) is 0 Å². The lowest BCUT2D eigenvalue weighted by Crippen LogP contribution is -2.43. The molecular weight excluding hydrogens is 248 g/mol. The van der Waals surface area contributed by atoms with E-state index in [9.17, 15) is 0 Å². The second-order valence-corrected chi connectivity index (χ2v) is 7.71. The average Bonchev–Trinajstić information content (AvgIpc) is 2.38. The van der Waals surface area contributed by atoms with E-state index in [0.29, 0.717) is 6.04 Å². The Morgan fingerprint density at radius 1 is 1.00 bits per heavy atom. The Kier molecular flexibility index (Phi) is 10.9. The lowest BCUT2D eigenvalue weighted by Gasteiger charge is -2.24. The molecule has 6 heteroatoms. The van der Waals surface area contributed by atoms with Gasteiger partial charge in [0, 0.05) is 33.4 Å². The fraction of sp³-hybridized carbons (Fsp3) is 1.00. The molecule has 110 valence electrons. The van der Waals surface area contributed by atoms with Gasteiger partial charge >= 0.3 is 8.80 Å². The monoisotopic (exact) mass is 278 g/mol. The molecule has 0 aromatic carbocycles. The molecule has 0 fully saturated rings. The van der Waals surface area contributed by atoms with E-state index in [-0.39, 0.29) is 0 Å². The van der Waals surface area contributed by atoms with Crippen molar-refractivity contribution in [2.24, 2.45) is 5.73 Å². The molecule has 0 amide bonds. The van der Waals surface area contributed by atoms with Crippen LogP contribution in [0, 0.1) is 0 Å². The smallest absolute Gasteiger partial charge is 0.377 e. The van der Waals surface area contributed by atoms with Crippen molar-refractivity contribution in [3.05, 3.63) is 0 Å². The molecule has 0 radical (unpaired) electrons. The summed E-state index contributed by atoms with van der Waals surface area (Å²) in [7, 11) is 2.60. The zero-order valence-electron chi connectivity index (χ0n) is 12.3. The van der Waals surface area contributed by atoms with Gasteiger partial charge in [0.05, 0.1) is 0 Å². The lowest BCUT2D eigenvalue weighted by atomic mass is 10.1. The van der Waals surface area contributed by atoms with Gasteiger partial charge in [0.25, 0.3) is 0 Å². The number of unbranched alkanes of at least 4 members (excludes halogenated alkanes) is 1. The van der Waals surface area contributed by atoms with Crippen molar-refractivity contribution in [1.29, 1.82) is 0 Å². The molecule has 0 heterocycles. The number of hydrogen-bond acceptors (Lipinski definition) is 5. The van der Waals surface area contributed by atoms with Gasteiger partial charge in [-0.15, -0.1) is 0 Å². The summed E-state index contributed by atoms with van der Waals surface area (Å²) in [5.41, 5.74) is 5.69. The van der Waals surface area contributed by atoms with Crippen molar-refractivity contribution in [2.75, 3.05) is 34.4 Å². The number of nitrogens with one attached hydrogen (secondary N) is 1. The summed E-state index contributed by atoms with van der Waals surface area (Å²) in [4.78, 5) is 0. The molecule has 0 aliphatic carbocycles. The molecule has 0 aromatic rings. The van der Waals surface area contributed by atoms with Gasteiger partial charge in [-0.05, 0) is 39.3 Å². The topological polar surface area (TPSA) is 65.7 Å². The third-order valence-electron chi connectivity index (χ3n) is 3.03. The number of rotatable bonds is 12. The Balaban J connectivity index is 3.44. The van der Waals surface area contributed by atoms with Crippen LogP contribution in [0.4, 0.5) is 0 Å². The van der Waals surface area contributed by atoms with Crippen LogP contribution >= 0.6 is 0 Å². The van der Waals surface area contributed by atoms with Gasteiger partial charge in [-0.3, -0.25) is 0 Å². The lowest BCUT2D eigenvalue weighted by molar-refractivity contribution is 0.123. The van der Waals surface area contributed by atoms with Gasteiger partial charge in [-0.1, -0.05) is 6.42 Å². The Hall–Kier alpha value is 0.0169. The van der Waals surface area contributed by atoms with Crippen LogP contribution in [0.15, 0.2) is 0 Å². The highest BCUT2D eigenvalue weighted by Gasteiger charge is 2.36. The highest BCUT2D eigenvalue weighted by atomic mass is 28.4. The summed E-state index contributed by atoms with van der Waals surface area (Å²) in [5, 5.41) is 3.42. The van der Waals surface area contributed by atoms with Crippen LogP contribution in [0.5, 0.6) is 0 Å². The zero-order valence-corrected chi connectivity index (χ0v) is 13.3. The van der Waals surface area contributed by atoms with Crippen molar-refractivity contribution < 1.29 is 13.3 Å². The maximum absolute atomic E-state index is 5.69. The van der Waals surface area contributed by atoms with E-state index in [0.717, 1.165) is 32.0 Å². The first-order chi connectivity index (χ1) is 8.60. The summed E-state index contributed by atoms with van der Waals surface area (Å²) >= 11 is 0. The maximum Gasteiger partial charge on any atom is 0.500 e. The molecule has 0 spiro atoms. The standard InChI is InChI=1S/C12H30N2O3Si/c1-12(13)8-5-6-9-14-10-7-11-18(15-2,16-3)17-4/h12,14H,5-11,13H2,1-4H3. The van der Waals surface area contributed by atoms with Crippen LogP contribution < -0.4 is 11.1 Å². The quantitative estimate of drug-likeness (QED) is 0.417. The van der Waals surface area contributed by atoms with Gasteiger partial charge in [0.1, 0.15) is 0 Å². The van der Waals surface area contributed by atoms with Crippen LogP contribution in [-0.4, -0.2) is 49.3 Å². The second kappa shape index (κ2) is 10.9. The van der Waals surface area contributed by atoms with Crippen LogP contribution in [0.25, 0.3) is 0 Å². The summed E-state index contributed by atoms with van der Waals surface area (Å²) in [6.45, 7) is 4.08. The van der Waals surface area contributed by atoms with Crippen LogP contribution in [0.2, 0.25) is 6.04 Å². The SMILES string of the molecule is CO[Si](CCCNCCCCC(C)N)(OC)OC. The van der Waals surface area contributed by atoms with E-state index in [2.05, 4.69) is 12.2 Å². The van der Waals surface area contributed by atoms with E-state index >= 15 is 0 Å². The molecule has 0 saturated heterocycles. The van der Waals surface area contributed by atoms with Crippen molar-refractivity contribution >= 4 is 8.80 Å². The first-order valence-electron chi connectivity index (χ1n) is 6.72. The summed E-state index contributed by atoms with van der Waals surface area (Å²) in [6.07, 6.45) is 4.49. The highest BCUT2D eigenvalue weighted by molar-refractivity contribution is 6.60. The number of hydrogen-bond donors (Lipinski definition) is 2.